The van der Waals surface area contributed by atoms with Crippen molar-refractivity contribution in [2.75, 3.05) is 0 Å². The minimum Gasteiger partial charge on any atom is -0.309 e. The summed E-state index contributed by atoms with van der Waals surface area (Å²) in [7, 11) is 0. The largest absolute Gasteiger partial charge is 0.309 e. The van der Waals surface area contributed by atoms with Gasteiger partial charge in [-0.05, 0) is 64.4 Å². The van der Waals surface area contributed by atoms with E-state index in [0.29, 0.717) is 17.5 Å². The molecule has 0 aliphatic heterocycles. The Hall–Kier alpha value is -6.39. The molecule has 0 saturated heterocycles. The predicted molar refractivity (Wildman–Crippen MR) is 193 cm³/mol. The van der Waals surface area contributed by atoms with Gasteiger partial charge in [-0.1, -0.05) is 127 Å². The quantitative estimate of drug-likeness (QED) is 0.197. The van der Waals surface area contributed by atoms with Gasteiger partial charge in [0.05, 0.1) is 11.0 Å². The predicted octanol–water partition coefficient (Wildman–Crippen LogP) is 10.8. The van der Waals surface area contributed by atoms with Crippen LogP contribution < -0.4 is 0 Å². The van der Waals surface area contributed by atoms with Crippen molar-refractivity contribution in [3.8, 4) is 51.0 Å². The number of rotatable bonds is 5. The lowest BCUT2D eigenvalue weighted by Crippen LogP contribution is -2.00. The molecule has 0 amide bonds. The van der Waals surface area contributed by atoms with Crippen molar-refractivity contribution in [3.63, 3.8) is 0 Å². The molecule has 0 aliphatic rings. The fraction of sp³-hybridized carbons (Fsp3) is 0. The minimum atomic E-state index is 0.643. The Kier molecular flexibility index (Phi) is 6.43. The van der Waals surface area contributed by atoms with Crippen LogP contribution in [0.4, 0.5) is 0 Å². The first kappa shape index (κ1) is 27.0. The van der Waals surface area contributed by atoms with Crippen molar-refractivity contribution in [1.82, 2.24) is 19.5 Å². The van der Waals surface area contributed by atoms with Gasteiger partial charge in [-0.25, -0.2) is 15.0 Å². The van der Waals surface area contributed by atoms with Crippen molar-refractivity contribution < 1.29 is 0 Å². The van der Waals surface area contributed by atoms with Crippen LogP contribution in [0, 0.1) is 0 Å². The maximum atomic E-state index is 4.94. The zero-order valence-corrected chi connectivity index (χ0v) is 25.5. The van der Waals surface area contributed by atoms with E-state index in [1.54, 1.807) is 0 Å². The van der Waals surface area contributed by atoms with Gasteiger partial charge >= 0.3 is 0 Å². The minimum absolute atomic E-state index is 0.643. The summed E-state index contributed by atoms with van der Waals surface area (Å²) < 4.78 is 2.37. The SMILES string of the molecule is c1ccc(-c2ccc3c(c2)c2c4ccccc4ccc2n3-c2ccc(-c3nc(-c4ccccc4)nc(-c4ccccc4)n3)cc2)cc1. The molecule has 7 aromatic carbocycles. The molecule has 0 spiro atoms. The smallest absolute Gasteiger partial charge is 0.164 e. The average molecular weight is 601 g/mol. The first-order valence-electron chi connectivity index (χ1n) is 15.8. The number of hydrogen-bond acceptors (Lipinski definition) is 3. The lowest BCUT2D eigenvalue weighted by Gasteiger charge is -2.11. The van der Waals surface area contributed by atoms with Crippen LogP contribution in [-0.2, 0) is 0 Å². The molecular formula is C43H28N4. The maximum Gasteiger partial charge on any atom is 0.164 e. The molecule has 0 fully saturated rings. The summed E-state index contributed by atoms with van der Waals surface area (Å²) in [4.78, 5) is 14.7. The van der Waals surface area contributed by atoms with E-state index < -0.39 is 0 Å². The zero-order chi connectivity index (χ0) is 31.2. The van der Waals surface area contributed by atoms with E-state index in [1.165, 1.54) is 43.7 Å². The van der Waals surface area contributed by atoms with E-state index in [2.05, 4.69) is 114 Å². The van der Waals surface area contributed by atoms with Crippen LogP contribution in [0.25, 0.3) is 83.6 Å². The highest BCUT2D eigenvalue weighted by atomic mass is 15.0. The lowest BCUT2D eigenvalue weighted by molar-refractivity contribution is 1.07. The molecule has 0 N–H and O–H groups in total. The number of hydrogen-bond donors (Lipinski definition) is 0. The first-order chi connectivity index (χ1) is 23.3. The van der Waals surface area contributed by atoms with Gasteiger partial charge in [0.2, 0.25) is 0 Å². The van der Waals surface area contributed by atoms with Gasteiger partial charge in [0.25, 0.3) is 0 Å². The van der Waals surface area contributed by atoms with E-state index in [9.17, 15) is 0 Å². The summed E-state index contributed by atoms with van der Waals surface area (Å²) >= 11 is 0. The van der Waals surface area contributed by atoms with Crippen LogP contribution in [0.15, 0.2) is 170 Å². The van der Waals surface area contributed by atoms with Crippen LogP contribution in [0.2, 0.25) is 0 Å². The van der Waals surface area contributed by atoms with Gasteiger partial charge in [-0.2, -0.15) is 0 Å². The van der Waals surface area contributed by atoms with Gasteiger partial charge in [-0.3, -0.25) is 0 Å². The summed E-state index contributed by atoms with van der Waals surface area (Å²) in [5.41, 5.74) is 8.69. The first-order valence-corrected chi connectivity index (χ1v) is 15.8. The van der Waals surface area contributed by atoms with Gasteiger partial charge in [0, 0.05) is 33.2 Å². The Labute approximate surface area is 272 Å². The Morgan fingerprint density at radius 3 is 1.45 bits per heavy atom. The molecule has 0 atom stereocenters. The van der Waals surface area contributed by atoms with Gasteiger partial charge in [-0.15, -0.1) is 0 Å². The standard InChI is InChI=1S/C43H28N4/c1-4-12-29(13-5-1)34-23-26-38-37(28-34)40-36-19-11-10-14-30(36)22-27-39(40)47(38)35-24-20-33(21-25-35)43-45-41(31-15-6-2-7-16-31)44-42(46-43)32-17-8-3-9-18-32/h1-28H. The molecule has 4 nitrogen and oxygen atoms in total. The highest BCUT2D eigenvalue weighted by molar-refractivity contribution is 6.21. The molecule has 9 rings (SSSR count). The molecule has 9 aromatic rings. The van der Waals surface area contributed by atoms with Crippen LogP contribution in [0.1, 0.15) is 0 Å². The highest BCUT2D eigenvalue weighted by Gasteiger charge is 2.17. The second kappa shape index (κ2) is 11.2. The molecule has 2 heterocycles. The van der Waals surface area contributed by atoms with Crippen molar-refractivity contribution in [2.45, 2.75) is 0 Å². The van der Waals surface area contributed by atoms with Crippen molar-refractivity contribution >= 4 is 32.6 Å². The molecule has 0 aliphatic carbocycles. The van der Waals surface area contributed by atoms with Crippen LogP contribution in [-0.4, -0.2) is 19.5 Å². The third-order valence-corrected chi connectivity index (χ3v) is 8.84. The maximum absolute atomic E-state index is 4.94. The molecule has 0 unspecified atom stereocenters. The Morgan fingerprint density at radius 2 is 0.830 bits per heavy atom. The van der Waals surface area contributed by atoms with Crippen molar-refractivity contribution in [2.24, 2.45) is 0 Å². The van der Waals surface area contributed by atoms with Gasteiger partial charge in [0.15, 0.2) is 17.5 Å². The Morgan fingerprint density at radius 1 is 0.340 bits per heavy atom. The fourth-order valence-corrected chi connectivity index (χ4v) is 6.58. The topological polar surface area (TPSA) is 43.6 Å². The zero-order valence-electron chi connectivity index (χ0n) is 25.5. The molecule has 47 heavy (non-hydrogen) atoms. The summed E-state index contributed by atoms with van der Waals surface area (Å²) in [6.45, 7) is 0. The van der Waals surface area contributed by atoms with E-state index in [1.807, 2.05) is 60.7 Å². The van der Waals surface area contributed by atoms with Crippen LogP contribution in [0.3, 0.4) is 0 Å². The summed E-state index contributed by atoms with van der Waals surface area (Å²) in [5.74, 6) is 1.95. The summed E-state index contributed by atoms with van der Waals surface area (Å²) in [6, 6.07) is 59.3. The summed E-state index contributed by atoms with van der Waals surface area (Å²) in [6.07, 6.45) is 0. The molecule has 4 heteroatoms. The van der Waals surface area contributed by atoms with E-state index in [0.717, 1.165) is 22.4 Å². The number of aromatic nitrogens is 4. The average Bonchev–Trinajstić information content (AvgIpc) is 3.50. The van der Waals surface area contributed by atoms with Crippen molar-refractivity contribution in [1.29, 1.82) is 0 Å². The van der Waals surface area contributed by atoms with Crippen molar-refractivity contribution in [3.05, 3.63) is 170 Å². The normalized spacial score (nSPS) is 11.4. The second-order valence-corrected chi connectivity index (χ2v) is 11.7. The number of nitrogens with zero attached hydrogens (tertiary/aromatic N) is 4. The third kappa shape index (κ3) is 4.75. The summed E-state index contributed by atoms with van der Waals surface area (Å²) in [5, 5.41) is 4.98. The molecule has 0 bridgehead atoms. The fourth-order valence-electron chi connectivity index (χ4n) is 6.58. The lowest BCUT2D eigenvalue weighted by atomic mass is 10.0. The van der Waals surface area contributed by atoms with E-state index >= 15 is 0 Å². The molecular weight excluding hydrogens is 573 g/mol. The van der Waals surface area contributed by atoms with E-state index in [4.69, 9.17) is 15.0 Å². The molecule has 220 valence electrons. The number of benzene rings is 7. The third-order valence-electron chi connectivity index (χ3n) is 8.84. The highest BCUT2D eigenvalue weighted by Crippen LogP contribution is 2.39. The van der Waals surface area contributed by atoms with Crippen LogP contribution in [0.5, 0.6) is 0 Å². The Balaban J connectivity index is 1.21. The van der Waals surface area contributed by atoms with Gasteiger partial charge < -0.3 is 4.57 Å². The van der Waals surface area contributed by atoms with E-state index in [-0.39, 0.29) is 0 Å². The second-order valence-electron chi connectivity index (χ2n) is 11.7. The molecule has 0 saturated carbocycles. The van der Waals surface area contributed by atoms with Gasteiger partial charge in [0.1, 0.15) is 0 Å². The van der Waals surface area contributed by atoms with Crippen LogP contribution >= 0.6 is 0 Å². The molecule has 0 radical (unpaired) electrons. The Bertz CT molecular complexity index is 2480. The number of fused-ring (bicyclic) bond motifs is 5. The molecule has 2 aromatic heterocycles. The monoisotopic (exact) mass is 600 g/mol.